The highest BCUT2D eigenvalue weighted by Gasteiger charge is 2.40. The van der Waals surface area contributed by atoms with Gasteiger partial charge in [-0.2, -0.15) is 0 Å². The van der Waals surface area contributed by atoms with E-state index in [1.54, 1.807) is 0 Å². The lowest BCUT2D eigenvalue weighted by Gasteiger charge is -2.40. The van der Waals surface area contributed by atoms with E-state index < -0.39 is 24.7 Å². The molecule has 2 atom stereocenters. The molecule has 2 nitrogen and oxygen atoms in total. The third-order valence-corrected chi connectivity index (χ3v) is 12.8. The van der Waals surface area contributed by atoms with E-state index in [1.807, 2.05) is 5.70 Å². The van der Waals surface area contributed by atoms with Gasteiger partial charge in [0.05, 0.1) is 5.73 Å². The highest BCUT2D eigenvalue weighted by molar-refractivity contribution is 6.84. The van der Waals surface area contributed by atoms with Crippen LogP contribution in [0, 0.1) is 0 Å². The van der Waals surface area contributed by atoms with Gasteiger partial charge in [-0.1, -0.05) is 31.4 Å². The summed E-state index contributed by atoms with van der Waals surface area (Å²) in [4.78, 5) is 0. The lowest BCUT2D eigenvalue weighted by atomic mass is 10.5. The maximum Gasteiger partial charge on any atom is 0.213 e. The van der Waals surface area contributed by atoms with Crippen LogP contribution in [-0.2, 0) is 8.85 Å². The molecule has 0 amide bonds. The maximum atomic E-state index is 6.53. The van der Waals surface area contributed by atoms with Crippen LogP contribution in [-0.4, -0.2) is 36.2 Å². The van der Waals surface area contributed by atoms with Gasteiger partial charge in [0.1, 0.15) is 8.07 Å². The van der Waals surface area contributed by atoms with Gasteiger partial charge in [-0.15, -0.1) is 13.2 Å². The van der Waals surface area contributed by atoms with Gasteiger partial charge in [0.2, 0.25) is 16.6 Å². The molecule has 0 aliphatic heterocycles. The van der Waals surface area contributed by atoms with E-state index in [0.717, 1.165) is 6.42 Å². The summed E-state index contributed by atoms with van der Waals surface area (Å²) < 4.78 is 12.9. The summed E-state index contributed by atoms with van der Waals surface area (Å²) >= 11 is 0. The lowest BCUT2D eigenvalue weighted by Crippen LogP contribution is -2.55. The van der Waals surface area contributed by atoms with Crippen molar-refractivity contribution in [3.8, 4) is 0 Å². The van der Waals surface area contributed by atoms with E-state index in [9.17, 15) is 0 Å². The first-order chi connectivity index (χ1) is 8.91. The second-order valence-electron chi connectivity index (χ2n) is 7.21. The maximum absolute atomic E-state index is 6.53. The van der Waals surface area contributed by atoms with Crippen LogP contribution in [0.4, 0.5) is 0 Å². The molecule has 20 heavy (non-hydrogen) atoms. The molecule has 118 valence electrons. The molecule has 0 N–H and O–H groups in total. The zero-order chi connectivity index (χ0) is 16.2. The Hall–Kier alpha value is 0.0506. The van der Waals surface area contributed by atoms with Crippen molar-refractivity contribution in [2.24, 2.45) is 0 Å². The molecule has 0 fully saturated rings. The quantitative estimate of drug-likeness (QED) is 0.563. The molecular weight excluding hydrogens is 296 g/mol. The second-order valence-corrected chi connectivity index (χ2v) is 20.0. The Kier molecular flexibility index (Phi) is 7.37. The standard InChI is InChI=1S/C15H34O2Si3/c1-11-15(17-19(7,8)13-3)20(9,10)16-14(4)18(5,6)12-2/h12-15H,2-3,11H2,1,4-10H3. The van der Waals surface area contributed by atoms with Crippen molar-refractivity contribution in [1.29, 1.82) is 0 Å². The Morgan fingerprint density at radius 3 is 1.80 bits per heavy atom. The van der Waals surface area contributed by atoms with Gasteiger partial charge in [0.15, 0.2) is 0 Å². The average molecular weight is 331 g/mol. The van der Waals surface area contributed by atoms with Crippen LogP contribution in [0.2, 0.25) is 39.3 Å². The molecule has 0 bridgehead atoms. The smallest absolute Gasteiger partial charge is 0.213 e. The molecule has 0 aromatic rings. The normalized spacial score (nSPS) is 16.6. The summed E-state index contributed by atoms with van der Waals surface area (Å²) in [7, 11) is -5.17. The number of hydrogen-bond donors (Lipinski definition) is 0. The summed E-state index contributed by atoms with van der Waals surface area (Å²) in [5.41, 5.74) is 4.64. The van der Waals surface area contributed by atoms with Gasteiger partial charge in [-0.3, -0.25) is 0 Å². The molecule has 0 spiro atoms. The molecule has 0 aliphatic rings. The molecule has 0 radical (unpaired) electrons. The fourth-order valence-electron chi connectivity index (χ4n) is 1.98. The molecule has 0 saturated carbocycles. The van der Waals surface area contributed by atoms with E-state index >= 15 is 0 Å². The van der Waals surface area contributed by atoms with Crippen LogP contribution < -0.4 is 0 Å². The monoisotopic (exact) mass is 330 g/mol. The van der Waals surface area contributed by atoms with Gasteiger partial charge in [0.25, 0.3) is 0 Å². The van der Waals surface area contributed by atoms with Crippen LogP contribution >= 0.6 is 0 Å². The van der Waals surface area contributed by atoms with E-state index in [2.05, 4.69) is 72.0 Å². The zero-order valence-electron chi connectivity index (χ0n) is 14.7. The Balaban J connectivity index is 4.99. The largest absolute Gasteiger partial charge is 0.415 e. The average Bonchev–Trinajstić information content (AvgIpc) is 2.35. The highest BCUT2D eigenvalue weighted by Crippen LogP contribution is 2.25. The van der Waals surface area contributed by atoms with Crippen molar-refractivity contribution >= 4 is 24.7 Å². The first-order valence-corrected chi connectivity index (χ1v) is 16.7. The summed E-state index contributed by atoms with van der Waals surface area (Å²) in [5.74, 6) is 0. The van der Waals surface area contributed by atoms with Crippen LogP contribution in [0.15, 0.2) is 24.6 Å². The van der Waals surface area contributed by atoms with Crippen LogP contribution in [0.3, 0.4) is 0 Å². The Bertz CT molecular complexity index is 338. The van der Waals surface area contributed by atoms with Crippen molar-refractivity contribution in [3.05, 3.63) is 24.6 Å². The fraction of sp³-hybridized carbons (Fsp3) is 0.733. The van der Waals surface area contributed by atoms with Crippen molar-refractivity contribution in [1.82, 2.24) is 0 Å². The predicted molar refractivity (Wildman–Crippen MR) is 98.6 cm³/mol. The van der Waals surface area contributed by atoms with Crippen molar-refractivity contribution in [3.63, 3.8) is 0 Å². The molecule has 5 heteroatoms. The minimum atomic E-state index is -1.90. The Morgan fingerprint density at radius 1 is 0.950 bits per heavy atom. The summed E-state index contributed by atoms with van der Waals surface area (Å²) in [6, 6.07) is 0. The van der Waals surface area contributed by atoms with Gasteiger partial charge in [0, 0.05) is 5.73 Å². The number of hydrogen-bond acceptors (Lipinski definition) is 2. The van der Waals surface area contributed by atoms with Crippen LogP contribution in [0.5, 0.6) is 0 Å². The molecular formula is C15H34O2Si3. The Morgan fingerprint density at radius 2 is 1.45 bits per heavy atom. The summed E-state index contributed by atoms with van der Waals surface area (Å²) in [6.45, 7) is 25.8. The van der Waals surface area contributed by atoms with Crippen molar-refractivity contribution in [2.45, 2.75) is 71.0 Å². The van der Waals surface area contributed by atoms with Gasteiger partial charge >= 0.3 is 0 Å². The summed E-state index contributed by atoms with van der Waals surface area (Å²) in [6.07, 6.45) is 1.01. The third-order valence-electron chi connectivity index (χ3n) is 4.14. The molecule has 0 saturated heterocycles. The van der Waals surface area contributed by atoms with Crippen molar-refractivity contribution < 1.29 is 8.85 Å². The van der Waals surface area contributed by atoms with Gasteiger partial charge in [-0.05, 0) is 39.5 Å². The third kappa shape index (κ3) is 5.81. The van der Waals surface area contributed by atoms with Crippen LogP contribution in [0.25, 0.3) is 0 Å². The van der Waals surface area contributed by atoms with Crippen LogP contribution in [0.1, 0.15) is 20.3 Å². The minimum Gasteiger partial charge on any atom is -0.415 e. The topological polar surface area (TPSA) is 18.5 Å². The predicted octanol–water partition coefficient (Wildman–Crippen LogP) is 4.83. The van der Waals surface area contributed by atoms with E-state index in [4.69, 9.17) is 8.85 Å². The van der Waals surface area contributed by atoms with Gasteiger partial charge in [-0.25, -0.2) is 0 Å². The molecule has 0 rings (SSSR count). The van der Waals surface area contributed by atoms with Crippen molar-refractivity contribution in [2.75, 3.05) is 0 Å². The van der Waals surface area contributed by atoms with E-state index in [1.165, 1.54) is 0 Å². The first kappa shape index (κ1) is 20.1. The second kappa shape index (κ2) is 7.36. The first-order valence-electron chi connectivity index (χ1n) is 7.54. The lowest BCUT2D eigenvalue weighted by molar-refractivity contribution is 0.194. The zero-order valence-corrected chi connectivity index (χ0v) is 17.7. The molecule has 0 aliphatic carbocycles. The molecule has 0 aromatic carbocycles. The summed E-state index contributed by atoms with van der Waals surface area (Å²) in [5, 5.41) is 0. The molecule has 2 unspecified atom stereocenters. The highest BCUT2D eigenvalue weighted by atomic mass is 28.4. The van der Waals surface area contributed by atoms with E-state index in [-0.39, 0.29) is 11.5 Å². The molecule has 0 aromatic heterocycles. The SMILES string of the molecule is C=C[Si](C)(C)OC(CC)[Si](C)(C)OC(C)[Si](C)(C)C=C. The van der Waals surface area contributed by atoms with Gasteiger partial charge < -0.3 is 8.85 Å². The van der Waals surface area contributed by atoms with E-state index in [0.29, 0.717) is 0 Å². The Labute approximate surface area is 129 Å². The number of rotatable bonds is 9. The molecule has 0 heterocycles. The minimum absolute atomic E-state index is 0.235. The fourth-order valence-corrected chi connectivity index (χ4v) is 9.53.